The fraction of sp³-hybridized carbons (Fsp3) is 1.00. The van der Waals surface area contributed by atoms with Crippen molar-refractivity contribution in [3.8, 4) is 0 Å². The summed E-state index contributed by atoms with van der Waals surface area (Å²) in [5.74, 6) is 0. The van der Waals surface area contributed by atoms with Crippen LogP contribution in [0.4, 0.5) is 0 Å². The van der Waals surface area contributed by atoms with Gasteiger partial charge in [0.05, 0.1) is 0 Å². The molecule has 0 radical (unpaired) electrons. The lowest BCUT2D eigenvalue weighted by Gasteiger charge is -2.19. The van der Waals surface area contributed by atoms with Crippen molar-refractivity contribution in [2.75, 3.05) is 40.8 Å². The molecule has 0 fully saturated rings. The van der Waals surface area contributed by atoms with Crippen molar-refractivity contribution in [2.24, 2.45) is 5.73 Å². The lowest BCUT2D eigenvalue weighted by Crippen LogP contribution is -2.31. The van der Waals surface area contributed by atoms with Gasteiger partial charge >= 0.3 is 0 Å². The average Bonchev–Trinajstić information content (AvgIpc) is 1.96. The topological polar surface area (TPSA) is 32.5 Å². The Morgan fingerprint density at radius 2 is 1.67 bits per heavy atom. The lowest BCUT2D eigenvalue weighted by atomic mass is 10.2. The second-order valence-electron chi connectivity index (χ2n) is 3.87. The van der Waals surface area contributed by atoms with Crippen molar-refractivity contribution < 1.29 is 0 Å². The van der Waals surface area contributed by atoms with Crippen molar-refractivity contribution >= 4 is 0 Å². The number of hydrogen-bond acceptors (Lipinski definition) is 3. The van der Waals surface area contributed by atoms with E-state index in [1.807, 2.05) is 0 Å². The zero-order valence-electron chi connectivity index (χ0n) is 8.88. The van der Waals surface area contributed by atoms with Crippen LogP contribution >= 0.6 is 0 Å². The molecule has 12 heavy (non-hydrogen) atoms. The van der Waals surface area contributed by atoms with E-state index in [9.17, 15) is 0 Å². The van der Waals surface area contributed by atoms with E-state index < -0.39 is 0 Å². The van der Waals surface area contributed by atoms with E-state index in [2.05, 4.69) is 37.9 Å². The van der Waals surface area contributed by atoms with Gasteiger partial charge < -0.3 is 15.5 Å². The number of rotatable bonds is 6. The summed E-state index contributed by atoms with van der Waals surface area (Å²) in [6, 6.07) is 0.326. The van der Waals surface area contributed by atoms with Crippen molar-refractivity contribution in [1.29, 1.82) is 0 Å². The van der Waals surface area contributed by atoms with E-state index in [1.54, 1.807) is 0 Å². The maximum atomic E-state index is 5.66. The van der Waals surface area contributed by atoms with Crippen molar-refractivity contribution in [1.82, 2.24) is 9.80 Å². The molecule has 0 saturated heterocycles. The van der Waals surface area contributed by atoms with Gasteiger partial charge in [0.25, 0.3) is 0 Å². The van der Waals surface area contributed by atoms with Gasteiger partial charge in [0.15, 0.2) is 0 Å². The van der Waals surface area contributed by atoms with E-state index in [0.717, 1.165) is 26.1 Å². The first-order chi connectivity index (χ1) is 5.52. The molecule has 74 valence electrons. The second kappa shape index (κ2) is 6.40. The van der Waals surface area contributed by atoms with E-state index in [4.69, 9.17) is 5.73 Å². The normalized spacial score (nSPS) is 14.2. The second-order valence-corrected chi connectivity index (χ2v) is 3.87. The highest BCUT2D eigenvalue weighted by atomic mass is 15.1. The van der Waals surface area contributed by atoms with Gasteiger partial charge in [-0.05, 0) is 41.0 Å². The van der Waals surface area contributed by atoms with Gasteiger partial charge in [0.1, 0.15) is 0 Å². The molecule has 2 N–H and O–H groups in total. The van der Waals surface area contributed by atoms with Crippen LogP contribution < -0.4 is 5.73 Å². The molecule has 1 atom stereocenters. The Labute approximate surface area is 76.5 Å². The molecule has 0 rings (SSSR count). The van der Waals surface area contributed by atoms with Crippen LogP contribution in [0, 0.1) is 0 Å². The van der Waals surface area contributed by atoms with Gasteiger partial charge in [-0.15, -0.1) is 0 Å². The fourth-order valence-electron chi connectivity index (χ4n) is 0.907. The summed E-state index contributed by atoms with van der Waals surface area (Å²) in [4.78, 5) is 4.52. The molecule has 3 nitrogen and oxygen atoms in total. The zero-order valence-corrected chi connectivity index (χ0v) is 8.88. The van der Waals surface area contributed by atoms with Gasteiger partial charge in [-0.1, -0.05) is 0 Å². The fourth-order valence-corrected chi connectivity index (χ4v) is 0.907. The van der Waals surface area contributed by atoms with Crippen LogP contribution in [0.1, 0.15) is 13.3 Å². The van der Waals surface area contributed by atoms with Gasteiger partial charge in [-0.2, -0.15) is 0 Å². The molecule has 3 heteroatoms. The molecule has 0 amide bonds. The predicted octanol–water partition coefficient (Wildman–Crippen LogP) is 0.217. The first-order valence-electron chi connectivity index (χ1n) is 4.61. The minimum atomic E-state index is 0.326. The van der Waals surface area contributed by atoms with Gasteiger partial charge in [-0.3, -0.25) is 0 Å². The van der Waals surface area contributed by atoms with Crippen molar-refractivity contribution in [3.05, 3.63) is 0 Å². The van der Waals surface area contributed by atoms with Gasteiger partial charge in [-0.25, -0.2) is 0 Å². The van der Waals surface area contributed by atoms with E-state index in [0.29, 0.717) is 6.04 Å². The summed E-state index contributed by atoms with van der Waals surface area (Å²) in [5.41, 5.74) is 5.66. The first-order valence-corrected chi connectivity index (χ1v) is 4.61. The highest BCUT2D eigenvalue weighted by Gasteiger charge is 2.00. The molecule has 0 aliphatic heterocycles. The summed E-state index contributed by atoms with van der Waals surface area (Å²) >= 11 is 0. The molecule has 0 bridgehead atoms. The molecule has 0 aliphatic rings. The summed E-state index contributed by atoms with van der Waals surface area (Å²) in [7, 11) is 6.34. The summed E-state index contributed by atoms with van der Waals surface area (Å²) in [5, 5.41) is 0. The first kappa shape index (κ1) is 11.9. The van der Waals surface area contributed by atoms with Crippen LogP contribution in [0.5, 0.6) is 0 Å². The molecule has 0 aromatic carbocycles. The van der Waals surface area contributed by atoms with Crippen LogP contribution in [-0.4, -0.2) is 56.6 Å². The number of nitrogens with zero attached hydrogens (tertiary/aromatic N) is 2. The number of likely N-dealkylation sites (N-methyl/N-ethyl adjacent to an activating group) is 2. The molecule has 0 spiro atoms. The summed E-state index contributed by atoms with van der Waals surface area (Å²) < 4.78 is 0. The largest absolute Gasteiger partial charge is 0.328 e. The Morgan fingerprint density at radius 1 is 1.08 bits per heavy atom. The van der Waals surface area contributed by atoms with E-state index in [1.165, 1.54) is 0 Å². The zero-order chi connectivity index (χ0) is 9.56. The van der Waals surface area contributed by atoms with Crippen molar-refractivity contribution in [3.63, 3.8) is 0 Å². The highest BCUT2D eigenvalue weighted by Crippen LogP contribution is 1.90. The third-order valence-electron chi connectivity index (χ3n) is 1.90. The smallest absolute Gasteiger partial charge is 0.0106 e. The summed E-state index contributed by atoms with van der Waals surface area (Å²) in [6.07, 6.45) is 1.09. The molecule has 0 heterocycles. The molecule has 0 aromatic rings. The highest BCUT2D eigenvalue weighted by molar-refractivity contribution is 4.59. The Hall–Kier alpha value is -0.120. The van der Waals surface area contributed by atoms with Crippen LogP contribution in [0.15, 0.2) is 0 Å². The van der Waals surface area contributed by atoms with Crippen LogP contribution in [0.3, 0.4) is 0 Å². The average molecular weight is 173 g/mol. The molecular formula is C9H23N3. The Bertz CT molecular complexity index is 89.9. The summed E-state index contributed by atoms with van der Waals surface area (Å²) in [6.45, 7) is 5.40. The number of nitrogens with two attached hydrogens (primary N) is 1. The maximum Gasteiger partial charge on any atom is 0.0106 e. The third-order valence-corrected chi connectivity index (χ3v) is 1.90. The van der Waals surface area contributed by atoms with E-state index >= 15 is 0 Å². The predicted molar refractivity (Wildman–Crippen MR) is 54.3 cm³/mol. The molecule has 0 aliphatic carbocycles. The molecule has 1 unspecified atom stereocenters. The standard InChI is InChI=1S/C9H23N3/c1-9(10)5-6-12(4)8-7-11(2)3/h9H,5-8,10H2,1-4H3. The van der Waals surface area contributed by atoms with Gasteiger partial charge in [0.2, 0.25) is 0 Å². The third kappa shape index (κ3) is 7.98. The Balaban J connectivity index is 3.27. The Morgan fingerprint density at radius 3 is 2.08 bits per heavy atom. The van der Waals surface area contributed by atoms with Gasteiger partial charge in [0, 0.05) is 19.1 Å². The van der Waals surface area contributed by atoms with Crippen LogP contribution in [-0.2, 0) is 0 Å². The minimum absolute atomic E-state index is 0.326. The number of hydrogen-bond donors (Lipinski definition) is 1. The quantitative estimate of drug-likeness (QED) is 0.623. The minimum Gasteiger partial charge on any atom is -0.328 e. The monoisotopic (exact) mass is 173 g/mol. The van der Waals surface area contributed by atoms with E-state index in [-0.39, 0.29) is 0 Å². The molecular weight excluding hydrogens is 150 g/mol. The molecule has 0 saturated carbocycles. The lowest BCUT2D eigenvalue weighted by molar-refractivity contribution is 0.275. The maximum absolute atomic E-state index is 5.66. The van der Waals surface area contributed by atoms with Crippen LogP contribution in [0.2, 0.25) is 0 Å². The van der Waals surface area contributed by atoms with Crippen molar-refractivity contribution in [2.45, 2.75) is 19.4 Å². The SMILES string of the molecule is CC(N)CCN(C)CCN(C)C. The molecule has 0 aromatic heterocycles. The van der Waals surface area contributed by atoms with Crippen LogP contribution in [0.25, 0.3) is 0 Å². The Kier molecular flexibility index (Phi) is 6.34.